The van der Waals surface area contributed by atoms with E-state index in [1.807, 2.05) is 6.20 Å². The van der Waals surface area contributed by atoms with Crippen molar-refractivity contribution < 1.29 is 0 Å². The lowest BCUT2D eigenvalue weighted by Gasteiger charge is -2.33. The van der Waals surface area contributed by atoms with Gasteiger partial charge in [0.1, 0.15) is 0 Å². The van der Waals surface area contributed by atoms with Gasteiger partial charge in [0.15, 0.2) is 0 Å². The van der Waals surface area contributed by atoms with Crippen LogP contribution in [0.1, 0.15) is 33.1 Å². The second-order valence-electron chi connectivity index (χ2n) is 5.75. The van der Waals surface area contributed by atoms with E-state index >= 15 is 0 Å². The lowest BCUT2D eigenvalue weighted by molar-refractivity contribution is 0.261. The number of benzene rings is 1. The van der Waals surface area contributed by atoms with Crippen molar-refractivity contribution in [1.82, 2.24) is 10.2 Å². The van der Waals surface area contributed by atoms with E-state index in [1.165, 1.54) is 30.3 Å². The van der Waals surface area contributed by atoms with Gasteiger partial charge in [-0.2, -0.15) is 5.10 Å². The number of anilines is 1. The van der Waals surface area contributed by atoms with Crippen molar-refractivity contribution in [2.45, 2.75) is 39.2 Å². The van der Waals surface area contributed by atoms with Gasteiger partial charge in [-0.05, 0) is 43.2 Å². The van der Waals surface area contributed by atoms with Crippen molar-refractivity contribution in [2.24, 2.45) is 11.8 Å². The molecule has 0 saturated heterocycles. The first-order valence-electron chi connectivity index (χ1n) is 6.92. The Hall–Kier alpha value is -1.51. The minimum atomic E-state index is 0.608. The van der Waals surface area contributed by atoms with Crippen molar-refractivity contribution in [3.8, 4) is 0 Å². The Morgan fingerprint density at radius 3 is 2.94 bits per heavy atom. The number of H-pyrrole nitrogens is 1. The van der Waals surface area contributed by atoms with Gasteiger partial charge in [-0.15, -0.1) is 0 Å². The lowest BCUT2D eigenvalue weighted by Crippen LogP contribution is -2.30. The zero-order chi connectivity index (χ0) is 12.5. The van der Waals surface area contributed by atoms with E-state index in [4.69, 9.17) is 0 Å². The van der Waals surface area contributed by atoms with Gasteiger partial charge in [0.05, 0.1) is 11.7 Å². The van der Waals surface area contributed by atoms with E-state index in [1.54, 1.807) is 0 Å². The van der Waals surface area contributed by atoms with E-state index in [9.17, 15) is 0 Å². The lowest BCUT2D eigenvalue weighted by atomic mass is 9.79. The fourth-order valence-electron chi connectivity index (χ4n) is 2.99. The molecule has 0 spiro atoms. The number of nitrogens with one attached hydrogen (secondary N) is 2. The molecule has 3 unspecified atom stereocenters. The first-order chi connectivity index (χ1) is 8.74. The maximum atomic E-state index is 4.12. The van der Waals surface area contributed by atoms with Crippen LogP contribution in [0.5, 0.6) is 0 Å². The SMILES string of the molecule is CC1CCC(Nc2cccc3[nH]ncc23)CC1C. The maximum absolute atomic E-state index is 4.12. The molecule has 0 amide bonds. The fourth-order valence-corrected chi connectivity index (χ4v) is 2.99. The van der Waals surface area contributed by atoms with Gasteiger partial charge in [0, 0.05) is 17.1 Å². The van der Waals surface area contributed by atoms with Crippen LogP contribution in [0.15, 0.2) is 24.4 Å². The normalized spacial score (nSPS) is 28.4. The Kier molecular flexibility index (Phi) is 2.98. The summed E-state index contributed by atoms with van der Waals surface area (Å²) in [5.41, 5.74) is 2.32. The largest absolute Gasteiger partial charge is 0.382 e. The molecule has 0 aliphatic heterocycles. The van der Waals surface area contributed by atoms with Gasteiger partial charge >= 0.3 is 0 Å². The van der Waals surface area contributed by atoms with Crippen LogP contribution in [0.2, 0.25) is 0 Å². The highest BCUT2D eigenvalue weighted by atomic mass is 15.1. The van der Waals surface area contributed by atoms with E-state index in [0.717, 1.165) is 17.4 Å². The summed E-state index contributed by atoms with van der Waals surface area (Å²) < 4.78 is 0. The molecule has 3 nitrogen and oxygen atoms in total. The van der Waals surface area contributed by atoms with Crippen LogP contribution >= 0.6 is 0 Å². The first-order valence-corrected chi connectivity index (χ1v) is 6.92. The molecule has 18 heavy (non-hydrogen) atoms. The minimum Gasteiger partial charge on any atom is -0.382 e. The molecular weight excluding hydrogens is 222 g/mol. The molecule has 3 heteroatoms. The van der Waals surface area contributed by atoms with Crippen molar-refractivity contribution >= 4 is 16.6 Å². The Morgan fingerprint density at radius 2 is 2.11 bits per heavy atom. The summed E-state index contributed by atoms with van der Waals surface area (Å²) in [6.45, 7) is 4.74. The average molecular weight is 243 g/mol. The smallest absolute Gasteiger partial charge is 0.0671 e. The molecule has 2 aromatic rings. The highest BCUT2D eigenvalue weighted by Crippen LogP contribution is 2.32. The van der Waals surface area contributed by atoms with Gasteiger partial charge in [-0.3, -0.25) is 5.10 Å². The Balaban J connectivity index is 1.78. The number of hydrogen-bond donors (Lipinski definition) is 2. The van der Waals surface area contributed by atoms with Crippen LogP contribution in [-0.2, 0) is 0 Å². The van der Waals surface area contributed by atoms with Crippen LogP contribution < -0.4 is 5.32 Å². The fraction of sp³-hybridized carbons (Fsp3) is 0.533. The first kappa shape index (κ1) is 11.6. The molecule has 3 rings (SSSR count). The molecule has 3 atom stereocenters. The summed E-state index contributed by atoms with van der Waals surface area (Å²) in [6.07, 6.45) is 5.79. The van der Waals surface area contributed by atoms with Crippen LogP contribution in [-0.4, -0.2) is 16.2 Å². The van der Waals surface area contributed by atoms with E-state index in [2.05, 4.69) is 47.6 Å². The Bertz CT molecular complexity index is 531. The molecule has 1 heterocycles. The van der Waals surface area contributed by atoms with Crippen molar-refractivity contribution in [3.63, 3.8) is 0 Å². The average Bonchev–Trinajstić information content (AvgIpc) is 2.83. The molecule has 0 radical (unpaired) electrons. The minimum absolute atomic E-state index is 0.608. The number of nitrogens with zero attached hydrogens (tertiary/aromatic N) is 1. The molecule has 1 saturated carbocycles. The molecule has 1 aliphatic rings. The highest BCUT2D eigenvalue weighted by molar-refractivity contribution is 5.90. The van der Waals surface area contributed by atoms with Crippen LogP contribution in [0, 0.1) is 11.8 Å². The molecule has 1 aliphatic carbocycles. The zero-order valence-corrected chi connectivity index (χ0v) is 11.1. The Labute approximate surface area is 108 Å². The second kappa shape index (κ2) is 4.63. The topological polar surface area (TPSA) is 40.7 Å². The zero-order valence-electron chi connectivity index (χ0n) is 11.1. The van der Waals surface area contributed by atoms with E-state index in [-0.39, 0.29) is 0 Å². The van der Waals surface area contributed by atoms with Crippen molar-refractivity contribution in [2.75, 3.05) is 5.32 Å². The van der Waals surface area contributed by atoms with Gasteiger partial charge in [-0.1, -0.05) is 19.9 Å². The summed E-state index contributed by atoms with van der Waals surface area (Å²) >= 11 is 0. The Morgan fingerprint density at radius 1 is 1.22 bits per heavy atom. The summed E-state index contributed by atoms with van der Waals surface area (Å²) in [5.74, 6) is 1.69. The van der Waals surface area contributed by atoms with E-state index < -0.39 is 0 Å². The predicted molar refractivity (Wildman–Crippen MR) is 75.7 cm³/mol. The van der Waals surface area contributed by atoms with E-state index in [0.29, 0.717) is 6.04 Å². The molecule has 96 valence electrons. The van der Waals surface area contributed by atoms with Gasteiger partial charge in [0.2, 0.25) is 0 Å². The van der Waals surface area contributed by atoms with Gasteiger partial charge in [0.25, 0.3) is 0 Å². The monoisotopic (exact) mass is 243 g/mol. The maximum Gasteiger partial charge on any atom is 0.0671 e. The summed E-state index contributed by atoms with van der Waals surface area (Å²) in [6, 6.07) is 6.91. The second-order valence-corrected chi connectivity index (χ2v) is 5.75. The summed E-state index contributed by atoms with van der Waals surface area (Å²) in [7, 11) is 0. The van der Waals surface area contributed by atoms with Gasteiger partial charge in [-0.25, -0.2) is 0 Å². The third-order valence-corrected chi connectivity index (χ3v) is 4.44. The number of hydrogen-bond acceptors (Lipinski definition) is 2. The number of aromatic amines is 1. The van der Waals surface area contributed by atoms with Crippen LogP contribution in [0.4, 0.5) is 5.69 Å². The number of aromatic nitrogens is 2. The highest BCUT2D eigenvalue weighted by Gasteiger charge is 2.24. The number of rotatable bonds is 2. The molecule has 1 aromatic heterocycles. The molecule has 0 bridgehead atoms. The standard InChI is InChI=1S/C15H21N3/c1-10-6-7-12(8-11(10)2)17-14-4-3-5-15-13(14)9-16-18-15/h3-5,9-12,17H,6-8H2,1-2H3,(H,16,18). The van der Waals surface area contributed by atoms with Crippen LogP contribution in [0.3, 0.4) is 0 Å². The quantitative estimate of drug-likeness (QED) is 0.842. The molecular formula is C15H21N3. The summed E-state index contributed by atoms with van der Waals surface area (Å²) in [4.78, 5) is 0. The van der Waals surface area contributed by atoms with Gasteiger partial charge < -0.3 is 5.32 Å². The summed E-state index contributed by atoms with van der Waals surface area (Å²) in [5, 5.41) is 12.0. The third-order valence-electron chi connectivity index (χ3n) is 4.44. The third kappa shape index (κ3) is 2.09. The number of fused-ring (bicyclic) bond motifs is 1. The van der Waals surface area contributed by atoms with Crippen LogP contribution in [0.25, 0.3) is 10.9 Å². The molecule has 1 aromatic carbocycles. The van der Waals surface area contributed by atoms with Crippen molar-refractivity contribution in [1.29, 1.82) is 0 Å². The van der Waals surface area contributed by atoms with Crippen molar-refractivity contribution in [3.05, 3.63) is 24.4 Å². The predicted octanol–water partition coefficient (Wildman–Crippen LogP) is 3.80. The molecule has 1 fully saturated rings. The molecule has 2 N–H and O–H groups in total.